The van der Waals surface area contributed by atoms with Gasteiger partial charge < -0.3 is 20.1 Å². The molecular formula is C6H7NaO6. The van der Waals surface area contributed by atoms with Gasteiger partial charge in [0.05, 0.1) is 0 Å². The standard InChI is InChI=1S/C4H4O4.C2H4O2.Na/c5-3(6)1-2-4(7)8;1-2(3)4;/h1-2H,(H,5,6)(H,7,8);1H3,(H,3,4);/q;;+1/p-1. The van der Waals surface area contributed by atoms with Crippen molar-refractivity contribution in [3.63, 3.8) is 0 Å². The van der Waals surface area contributed by atoms with Crippen LogP contribution < -0.4 is 34.7 Å². The molecule has 0 aromatic rings. The second-order valence-electron chi connectivity index (χ2n) is 1.50. The van der Waals surface area contributed by atoms with Crippen molar-refractivity contribution in [3.05, 3.63) is 12.2 Å². The van der Waals surface area contributed by atoms with Crippen LogP contribution >= 0.6 is 0 Å². The monoisotopic (exact) mass is 198 g/mol. The van der Waals surface area contributed by atoms with Gasteiger partial charge in [0.1, 0.15) is 0 Å². The number of carboxylic acid groups (broad SMARTS) is 3. The van der Waals surface area contributed by atoms with Crippen LogP contribution in [-0.2, 0) is 14.4 Å². The number of aliphatic carboxylic acids is 3. The third-order valence-corrected chi connectivity index (χ3v) is 0.368. The first-order valence-electron chi connectivity index (χ1n) is 2.67. The summed E-state index contributed by atoms with van der Waals surface area (Å²) in [5, 5.41) is 24.5. The molecule has 7 heteroatoms. The fourth-order valence-corrected chi connectivity index (χ4v) is 0.143. The minimum absolute atomic E-state index is 0. The summed E-state index contributed by atoms with van der Waals surface area (Å²) in [5.74, 6) is -3.60. The van der Waals surface area contributed by atoms with Crippen molar-refractivity contribution in [1.29, 1.82) is 0 Å². The summed E-state index contributed by atoms with van der Waals surface area (Å²) in [6.45, 7) is 0.972. The molecule has 0 aromatic carbocycles. The van der Waals surface area contributed by atoms with Crippen molar-refractivity contribution in [1.82, 2.24) is 0 Å². The van der Waals surface area contributed by atoms with Gasteiger partial charge in [0.15, 0.2) is 0 Å². The first kappa shape index (κ1) is 18.0. The zero-order valence-corrected chi connectivity index (χ0v) is 9.18. The minimum atomic E-state index is -1.26. The second-order valence-corrected chi connectivity index (χ2v) is 1.50. The third kappa shape index (κ3) is 54.2. The molecule has 2 N–H and O–H groups in total. The van der Waals surface area contributed by atoms with Crippen LogP contribution in [0, 0.1) is 0 Å². The largest absolute Gasteiger partial charge is 1.00 e. The summed E-state index contributed by atoms with van der Waals surface area (Å²) in [6, 6.07) is 0. The molecule has 0 amide bonds. The van der Waals surface area contributed by atoms with Crippen molar-refractivity contribution in [3.8, 4) is 0 Å². The van der Waals surface area contributed by atoms with Gasteiger partial charge in [0, 0.05) is 18.1 Å². The van der Waals surface area contributed by atoms with E-state index in [2.05, 4.69) is 0 Å². The average molecular weight is 198 g/mol. The van der Waals surface area contributed by atoms with Crippen molar-refractivity contribution < 1.29 is 59.3 Å². The fourth-order valence-electron chi connectivity index (χ4n) is 0.143. The van der Waals surface area contributed by atoms with E-state index in [4.69, 9.17) is 20.1 Å². The maximum absolute atomic E-state index is 9.55. The van der Waals surface area contributed by atoms with Gasteiger partial charge in [-0.15, -0.1) is 0 Å². The van der Waals surface area contributed by atoms with E-state index in [9.17, 15) is 9.59 Å². The summed E-state index contributed by atoms with van der Waals surface area (Å²) < 4.78 is 0. The third-order valence-electron chi connectivity index (χ3n) is 0.368. The molecule has 0 aromatic heterocycles. The Balaban J connectivity index is -0.000000173. The smallest absolute Gasteiger partial charge is 0.550 e. The molecule has 0 unspecified atom stereocenters. The topological polar surface area (TPSA) is 115 Å². The van der Waals surface area contributed by atoms with E-state index in [1.807, 2.05) is 0 Å². The molecule has 13 heavy (non-hydrogen) atoms. The van der Waals surface area contributed by atoms with Crippen LogP contribution in [0.25, 0.3) is 0 Å². The molecule has 0 saturated heterocycles. The van der Waals surface area contributed by atoms with E-state index in [0.29, 0.717) is 12.2 Å². The summed E-state index contributed by atoms with van der Waals surface area (Å²) in [6.07, 6.45) is 1.12. The van der Waals surface area contributed by atoms with Crippen molar-refractivity contribution >= 4 is 17.9 Å². The van der Waals surface area contributed by atoms with Crippen LogP contribution in [-0.4, -0.2) is 28.1 Å². The number of rotatable bonds is 2. The first-order valence-corrected chi connectivity index (χ1v) is 2.67. The summed E-state index contributed by atoms with van der Waals surface area (Å²) in [5.41, 5.74) is 0. The number of carboxylic acids is 3. The van der Waals surface area contributed by atoms with Gasteiger partial charge in [-0.25, -0.2) is 9.59 Å². The first-order chi connectivity index (χ1) is 5.36. The summed E-state index contributed by atoms with van der Waals surface area (Å²) in [7, 11) is 0. The Morgan fingerprint density at radius 1 is 1.08 bits per heavy atom. The van der Waals surface area contributed by atoms with Gasteiger partial charge in [-0.05, 0) is 6.92 Å². The minimum Gasteiger partial charge on any atom is -0.550 e. The molecule has 0 radical (unpaired) electrons. The fraction of sp³-hybridized carbons (Fsp3) is 0.167. The molecular weight excluding hydrogens is 191 g/mol. The van der Waals surface area contributed by atoms with E-state index in [0.717, 1.165) is 6.92 Å². The number of hydrogen-bond acceptors (Lipinski definition) is 4. The quantitative estimate of drug-likeness (QED) is 0.341. The van der Waals surface area contributed by atoms with Crippen molar-refractivity contribution in [2.45, 2.75) is 6.92 Å². The molecule has 0 aliphatic rings. The molecule has 68 valence electrons. The zero-order chi connectivity index (χ0) is 10.1. The van der Waals surface area contributed by atoms with E-state index in [-0.39, 0.29) is 29.6 Å². The number of hydrogen-bond donors (Lipinski definition) is 2. The van der Waals surface area contributed by atoms with Gasteiger partial charge >= 0.3 is 41.5 Å². The van der Waals surface area contributed by atoms with Crippen LogP contribution in [0.1, 0.15) is 6.92 Å². The maximum Gasteiger partial charge on any atom is 1.00 e. The molecule has 0 atom stereocenters. The predicted octanol–water partition coefficient (Wildman–Crippen LogP) is -4.53. The molecule has 0 spiro atoms. The molecule has 0 fully saturated rings. The van der Waals surface area contributed by atoms with Crippen molar-refractivity contribution in [2.75, 3.05) is 0 Å². The molecule has 0 rings (SSSR count). The molecule has 0 bridgehead atoms. The Labute approximate surface area is 96.2 Å². The Bertz CT molecular complexity index is 189. The van der Waals surface area contributed by atoms with Crippen LogP contribution in [0.15, 0.2) is 12.2 Å². The normalized spacial score (nSPS) is 7.77. The van der Waals surface area contributed by atoms with Crippen LogP contribution in [0.2, 0.25) is 0 Å². The molecule has 0 heterocycles. The Morgan fingerprint density at radius 2 is 1.23 bits per heavy atom. The zero-order valence-electron chi connectivity index (χ0n) is 7.18. The van der Waals surface area contributed by atoms with E-state index in [1.54, 1.807) is 0 Å². The summed E-state index contributed by atoms with van der Waals surface area (Å²) >= 11 is 0. The second kappa shape index (κ2) is 11.2. The van der Waals surface area contributed by atoms with Crippen LogP contribution in [0.4, 0.5) is 0 Å². The van der Waals surface area contributed by atoms with E-state index >= 15 is 0 Å². The molecule has 0 saturated carbocycles. The van der Waals surface area contributed by atoms with Crippen LogP contribution in [0.3, 0.4) is 0 Å². The maximum atomic E-state index is 9.55. The Kier molecular flexibility index (Phi) is 15.5. The average Bonchev–Trinajstić information content (AvgIpc) is 1.82. The molecule has 0 aliphatic carbocycles. The number of carbonyl (C=O) groups is 3. The van der Waals surface area contributed by atoms with Gasteiger partial charge in [-0.2, -0.15) is 0 Å². The number of carbonyl (C=O) groups excluding carboxylic acids is 1. The Hall–Kier alpha value is -0.850. The van der Waals surface area contributed by atoms with Gasteiger partial charge in [0.2, 0.25) is 0 Å². The molecule has 6 nitrogen and oxygen atoms in total. The van der Waals surface area contributed by atoms with E-state index < -0.39 is 17.9 Å². The SMILES string of the molecule is CC(=O)[O-].O=C(O)C=CC(=O)O.[Na+]. The van der Waals surface area contributed by atoms with E-state index in [1.165, 1.54) is 0 Å². The molecule has 0 aliphatic heterocycles. The van der Waals surface area contributed by atoms with Gasteiger partial charge in [0.25, 0.3) is 0 Å². The van der Waals surface area contributed by atoms with Gasteiger partial charge in [-0.3, -0.25) is 0 Å². The summed E-state index contributed by atoms with van der Waals surface area (Å²) in [4.78, 5) is 28.0. The van der Waals surface area contributed by atoms with Gasteiger partial charge in [-0.1, -0.05) is 0 Å². The van der Waals surface area contributed by atoms with Crippen molar-refractivity contribution in [2.24, 2.45) is 0 Å². The Morgan fingerprint density at radius 3 is 1.31 bits per heavy atom. The predicted molar refractivity (Wildman–Crippen MR) is 35.1 cm³/mol. The van der Waals surface area contributed by atoms with Crippen LogP contribution in [0.5, 0.6) is 0 Å².